The van der Waals surface area contributed by atoms with E-state index in [4.69, 9.17) is 13.3 Å². The summed E-state index contributed by atoms with van der Waals surface area (Å²) in [5.74, 6) is 1.76. The molecule has 0 saturated carbocycles. The number of hydrogen-bond acceptors (Lipinski definition) is 3. The molecule has 187 valence electrons. The third-order valence-corrected chi connectivity index (χ3v) is 54.8. The first kappa shape index (κ1) is 30.9. The average molecular weight is 570 g/mol. The molecule has 0 N–H and O–H groups in total. The van der Waals surface area contributed by atoms with Crippen LogP contribution in [0.3, 0.4) is 0 Å². The van der Waals surface area contributed by atoms with E-state index in [9.17, 15) is 0 Å². The van der Waals surface area contributed by atoms with Crippen LogP contribution in [-0.2, 0) is 8.85 Å². The molecule has 0 atom stereocenters. The van der Waals surface area contributed by atoms with Crippen LogP contribution in [0.25, 0.3) is 5.76 Å². The highest BCUT2D eigenvalue weighted by Crippen LogP contribution is 2.37. The van der Waals surface area contributed by atoms with Crippen LogP contribution in [-0.4, -0.2) is 56.5 Å². The van der Waals surface area contributed by atoms with E-state index in [2.05, 4.69) is 133 Å². The maximum absolute atomic E-state index is 7.04. The molecule has 0 fully saturated rings. The lowest BCUT2D eigenvalue weighted by atomic mass is 10.2. The van der Waals surface area contributed by atoms with Gasteiger partial charge in [0.05, 0.1) is 33.7 Å². The van der Waals surface area contributed by atoms with E-state index in [1.165, 1.54) is 0 Å². The number of benzene rings is 1. The summed E-state index contributed by atoms with van der Waals surface area (Å²) in [7, 11) is -6.30. The molecule has 0 amide bonds. The molecular weight excluding hydrogens is 521 g/mol. The molecule has 0 heterocycles. The zero-order valence-corrected chi connectivity index (χ0v) is 31.0. The van der Waals surface area contributed by atoms with Crippen molar-refractivity contribution in [1.29, 1.82) is 0 Å². The van der Waals surface area contributed by atoms with Gasteiger partial charge in [-0.05, 0) is 51.4 Å². The quantitative estimate of drug-likeness (QED) is 0.213. The largest absolute Gasteiger partial charge is 0.551 e. The smallest absolute Gasteiger partial charge is 0.228 e. The van der Waals surface area contributed by atoms with Crippen LogP contribution in [0.15, 0.2) is 29.6 Å². The van der Waals surface area contributed by atoms with Crippen molar-refractivity contribution in [3.8, 4) is 5.75 Å². The van der Waals surface area contributed by atoms with Gasteiger partial charge in [-0.25, -0.2) is 0 Å². The molecule has 10 heteroatoms. The summed E-state index contributed by atoms with van der Waals surface area (Å²) in [6, 6.07) is 8.40. The highest BCUT2D eigenvalue weighted by atomic mass is 29.3. The van der Waals surface area contributed by atoms with Crippen molar-refractivity contribution in [3.63, 3.8) is 0 Å². The van der Waals surface area contributed by atoms with Gasteiger partial charge in [0.15, 0.2) is 0 Å². The van der Waals surface area contributed by atoms with Crippen LogP contribution in [0.4, 0.5) is 0 Å². The molecule has 0 saturated heterocycles. The fourth-order valence-corrected chi connectivity index (χ4v) is 10.3. The molecule has 1 rings (SSSR count). The Morgan fingerprint density at radius 1 is 0.576 bits per heavy atom. The van der Waals surface area contributed by atoms with Crippen LogP contribution in [0, 0.1) is 0 Å². The first-order chi connectivity index (χ1) is 14.4. The Bertz CT molecular complexity index is 858. The predicted octanol–water partition coefficient (Wildman–Crippen LogP) is 7.76. The van der Waals surface area contributed by atoms with Gasteiger partial charge in [-0.1, -0.05) is 71.1 Å². The van der Waals surface area contributed by atoms with Crippen molar-refractivity contribution in [2.45, 2.75) is 98.2 Å². The lowest BCUT2D eigenvalue weighted by Gasteiger charge is -2.40. The molecule has 0 unspecified atom stereocenters. The Morgan fingerprint density at radius 3 is 1.39 bits per heavy atom. The third-order valence-electron chi connectivity index (χ3n) is 7.84. The molecule has 33 heavy (non-hydrogen) atoms. The molecule has 3 nitrogen and oxygen atoms in total. The van der Waals surface area contributed by atoms with Crippen molar-refractivity contribution < 1.29 is 13.3 Å². The second-order valence-corrected chi connectivity index (χ2v) is 61.7. The number of hydrogen-bond donors (Lipinski definition) is 0. The molecule has 3 radical (unpaired) electrons. The van der Waals surface area contributed by atoms with E-state index in [1.54, 1.807) is 0 Å². The van der Waals surface area contributed by atoms with Gasteiger partial charge in [0.1, 0.15) is 21.8 Å². The molecule has 0 aliphatic carbocycles. The predicted molar refractivity (Wildman–Crippen MR) is 164 cm³/mol. The van der Waals surface area contributed by atoms with Gasteiger partial charge in [0.25, 0.3) is 0 Å². The second-order valence-electron chi connectivity index (χ2n) is 13.7. The zero-order chi connectivity index (χ0) is 26.3. The van der Waals surface area contributed by atoms with Crippen LogP contribution >= 0.6 is 0 Å². The molecule has 0 aliphatic heterocycles. The van der Waals surface area contributed by atoms with Crippen molar-refractivity contribution in [1.82, 2.24) is 0 Å². The van der Waals surface area contributed by atoms with Gasteiger partial charge >= 0.3 is 0 Å². The summed E-state index contributed by atoms with van der Waals surface area (Å²) < 4.78 is 20.7. The summed E-state index contributed by atoms with van der Waals surface area (Å²) in [6.45, 7) is 35.8. The third kappa shape index (κ3) is 7.68. The monoisotopic (exact) mass is 569 g/mol. The van der Waals surface area contributed by atoms with Gasteiger partial charge in [-0.3, -0.25) is 0 Å². The Morgan fingerprint density at radius 2 is 0.970 bits per heavy atom. The second kappa shape index (κ2) is 10.1. The van der Waals surface area contributed by atoms with Gasteiger partial charge in [0.2, 0.25) is 23.5 Å². The lowest BCUT2D eigenvalue weighted by Crippen LogP contribution is -2.57. The topological polar surface area (TPSA) is 27.7 Å². The first-order valence-corrected chi connectivity index (χ1v) is 34.8. The minimum absolute atomic E-state index is 0.747. The Balaban J connectivity index is 3.73. The van der Waals surface area contributed by atoms with Crippen molar-refractivity contribution in [2.75, 3.05) is 0 Å². The summed E-state index contributed by atoms with van der Waals surface area (Å²) >= 11 is 0. The van der Waals surface area contributed by atoms with Gasteiger partial charge < -0.3 is 13.3 Å². The van der Waals surface area contributed by atoms with Gasteiger partial charge in [0, 0.05) is 0 Å². The summed E-state index contributed by atoms with van der Waals surface area (Å²) in [5, 5.41) is 0.747. The summed E-state index contributed by atoms with van der Waals surface area (Å²) in [5.41, 5.74) is 1.01. The number of para-hydroxylation sites is 1. The SMILES string of the molecule is C[Si](C)(C)[Si](C)(C)OC([Si])=C(O[Si](C)(C)[Si](C)(C)C)c1ccccc1O[Si](C)(C)[Si](C)(C)C. The Labute approximate surface area is 213 Å². The first-order valence-electron chi connectivity index (χ1n) is 12.1. The molecule has 0 bridgehead atoms. The summed E-state index contributed by atoms with van der Waals surface area (Å²) in [6.07, 6.45) is 0. The molecule has 0 aliphatic rings. The van der Waals surface area contributed by atoms with Crippen LogP contribution < -0.4 is 4.43 Å². The maximum Gasteiger partial charge on any atom is 0.228 e. The molecule has 0 aromatic heterocycles. The fourth-order valence-electron chi connectivity index (χ4n) is 2.26. The van der Waals surface area contributed by atoms with E-state index < -0.39 is 46.3 Å². The lowest BCUT2D eigenvalue weighted by molar-refractivity contribution is 0.431. The minimum atomic E-state index is -1.99. The van der Waals surface area contributed by atoms with Gasteiger partial charge in [-0.15, -0.1) is 0 Å². The van der Waals surface area contributed by atoms with E-state index in [0.717, 1.165) is 22.5 Å². The van der Waals surface area contributed by atoms with E-state index in [1.807, 2.05) is 0 Å². The molecular formula is C23H49O3Si7. The Kier molecular flexibility index (Phi) is 9.45. The molecule has 1 aromatic rings. The maximum atomic E-state index is 7.04. The van der Waals surface area contributed by atoms with E-state index in [-0.39, 0.29) is 0 Å². The minimum Gasteiger partial charge on any atom is -0.551 e. The highest BCUT2D eigenvalue weighted by Gasteiger charge is 2.45. The standard InChI is InChI=1S/C23H49O3Si7/c1-28(2,3)31(10,11)24-21-19-17-16-18-20(21)22(25-32(12,13)29(4,5)6)23(27)26-33(14,15)30(7,8)9/h16-19H,1-15H3. The van der Waals surface area contributed by atoms with Crippen LogP contribution in [0.5, 0.6) is 5.75 Å². The van der Waals surface area contributed by atoms with Crippen molar-refractivity contribution >= 4 is 62.3 Å². The fraction of sp³-hybridized carbons (Fsp3) is 0.652. The van der Waals surface area contributed by atoms with Crippen LogP contribution in [0.2, 0.25) is 98.2 Å². The normalized spacial score (nSPS) is 15.2. The van der Waals surface area contributed by atoms with Crippen LogP contribution in [0.1, 0.15) is 5.56 Å². The van der Waals surface area contributed by atoms with Gasteiger partial charge in [-0.2, -0.15) is 0 Å². The van der Waals surface area contributed by atoms with Crippen molar-refractivity contribution in [2.24, 2.45) is 0 Å². The summed E-state index contributed by atoms with van der Waals surface area (Å²) in [4.78, 5) is 0. The Hall–Kier alpha value is -0.122. The van der Waals surface area contributed by atoms with Crippen molar-refractivity contribution in [3.05, 3.63) is 35.2 Å². The molecule has 0 spiro atoms. The molecule has 1 aromatic carbocycles. The highest BCUT2D eigenvalue weighted by molar-refractivity contribution is 7.39. The number of rotatable bonds is 10. The van der Waals surface area contributed by atoms with E-state index >= 15 is 0 Å². The zero-order valence-electron chi connectivity index (χ0n) is 24.0. The van der Waals surface area contributed by atoms with E-state index in [0.29, 0.717) is 0 Å². The average Bonchev–Trinajstić information content (AvgIpc) is 2.56.